The molecule has 0 aliphatic rings. The molecule has 2 nitrogen and oxygen atoms in total. The van der Waals surface area contributed by atoms with Crippen LogP contribution in [0.2, 0.25) is 5.02 Å². The van der Waals surface area contributed by atoms with E-state index in [-0.39, 0.29) is 0 Å². The van der Waals surface area contributed by atoms with Crippen molar-refractivity contribution in [3.8, 4) is 5.75 Å². The SMILES string of the molecule is Cc1ccc(OCCNC(C)CCC(C)C)c(Cl)c1. The molecule has 0 radical (unpaired) electrons. The van der Waals surface area contributed by atoms with Gasteiger partial charge >= 0.3 is 0 Å². The third kappa shape index (κ3) is 6.84. The lowest BCUT2D eigenvalue weighted by molar-refractivity contribution is 0.303. The third-order valence-corrected chi connectivity index (χ3v) is 3.41. The van der Waals surface area contributed by atoms with E-state index in [1.54, 1.807) is 0 Å². The van der Waals surface area contributed by atoms with Crippen LogP contribution in [0.5, 0.6) is 5.75 Å². The summed E-state index contributed by atoms with van der Waals surface area (Å²) >= 11 is 6.11. The third-order valence-electron chi connectivity index (χ3n) is 3.12. The Balaban J connectivity index is 2.20. The second-order valence-corrected chi connectivity index (χ2v) is 6.02. The summed E-state index contributed by atoms with van der Waals surface area (Å²) in [6.45, 7) is 10.3. The van der Waals surface area contributed by atoms with Crippen LogP contribution in [0.15, 0.2) is 18.2 Å². The molecule has 0 aromatic heterocycles. The zero-order valence-corrected chi connectivity index (χ0v) is 13.3. The normalized spacial score (nSPS) is 12.7. The number of ether oxygens (including phenoxy) is 1. The van der Waals surface area contributed by atoms with E-state index in [2.05, 4.69) is 26.1 Å². The van der Waals surface area contributed by atoms with Gasteiger partial charge in [0.1, 0.15) is 12.4 Å². The van der Waals surface area contributed by atoms with Gasteiger partial charge in [-0.3, -0.25) is 0 Å². The average molecular weight is 284 g/mol. The van der Waals surface area contributed by atoms with E-state index in [0.29, 0.717) is 17.7 Å². The largest absolute Gasteiger partial charge is 0.491 e. The fourth-order valence-electron chi connectivity index (χ4n) is 1.87. The molecule has 1 aromatic rings. The van der Waals surface area contributed by atoms with Crippen LogP contribution in [0.3, 0.4) is 0 Å². The van der Waals surface area contributed by atoms with Crippen LogP contribution in [0.1, 0.15) is 39.2 Å². The Morgan fingerprint density at radius 2 is 1.95 bits per heavy atom. The van der Waals surface area contributed by atoms with Gasteiger partial charge in [0.15, 0.2) is 0 Å². The highest BCUT2D eigenvalue weighted by molar-refractivity contribution is 6.32. The van der Waals surface area contributed by atoms with Gasteiger partial charge in [-0.25, -0.2) is 0 Å². The molecule has 1 aromatic carbocycles. The Bertz CT molecular complexity index is 379. The molecule has 0 aliphatic carbocycles. The zero-order valence-electron chi connectivity index (χ0n) is 12.5. The number of aryl methyl sites for hydroxylation is 1. The van der Waals surface area contributed by atoms with Crippen LogP contribution < -0.4 is 10.1 Å². The standard InChI is InChI=1S/C16H26ClNO/c1-12(2)5-7-14(4)18-9-10-19-16-8-6-13(3)11-15(16)17/h6,8,11-12,14,18H,5,7,9-10H2,1-4H3. The lowest BCUT2D eigenvalue weighted by Crippen LogP contribution is -2.30. The molecule has 0 heterocycles. The van der Waals surface area contributed by atoms with Crippen molar-refractivity contribution in [2.75, 3.05) is 13.2 Å². The average Bonchev–Trinajstić information content (AvgIpc) is 2.34. The summed E-state index contributed by atoms with van der Waals surface area (Å²) in [6, 6.07) is 6.41. The van der Waals surface area contributed by atoms with E-state index >= 15 is 0 Å². The Kier molecular flexibility index (Phi) is 7.25. The second kappa shape index (κ2) is 8.44. The highest BCUT2D eigenvalue weighted by atomic mass is 35.5. The molecule has 0 aliphatic heterocycles. The quantitative estimate of drug-likeness (QED) is 0.712. The number of nitrogens with one attached hydrogen (secondary N) is 1. The number of hydrogen-bond donors (Lipinski definition) is 1. The Morgan fingerprint density at radius 1 is 1.21 bits per heavy atom. The highest BCUT2D eigenvalue weighted by Gasteiger charge is 2.04. The summed E-state index contributed by atoms with van der Waals surface area (Å²) in [5.74, 6) is 1.54. The van der Waals surface area contributed by atoms with Crippen LogP contribution in [0.25, 0.3) is 0 Å². The van der Waals surface area contributed by atoms with Crippen LogP contribution in [-0.4, -0.2) is 19.2 Å². The van der Waals surface area contributed by atoms with Crippen molar-refractivity contribution in [1.29, 1.82) is 0 Å². The maximum absolute atomic E-state index is 6.11. The number of hydrogen-bond acceptors (Lipinski definition) is 2. The van der Waals surface area contributed by atoms with Crippen molar-refractivity contribution in [2.24, 2.45) is 5.92 Å². The summed E-state index contributed by atoms with van der Waals surface area (Å²) in [7, 11) is 0. The fourth-order valence-corrected chi connectivity index (χ4v) is 2.16. The molecule has 19 heavy (non-hydrogen) atoms. The molecule has 0 amide bonds. The van der Waals surface area contributed by atoms with Crippen LogP contribution in [-0.2, 0) is 0 Å². The first-order valence-corrected chi connectivity index (χ1v) is 7.49. The lowest BCUT2D eigenvalue weighted by Gasteiger charge is -2.15. The van der Waals surface area contributed by atoms with Crippen molar-refractivity contribution in [2.45, 2.75) is 46.6 Å². The topological polar surface area (TPSA) is 21.3 Å². The zero-order chi connectivity index (χ0) is 14.3. The van der Waals surface area contributed by atoms with Gasteiger partial charge in [0.2, 0.25) is 0 Å². The van der Waals surface area contributed by atoms with Crippen molar-refractivity contribution in [3.05, 3.63) is 28.8 Å². The smallest absolute Gasteiger partial charge is 0.137 e. The van der Waals surface area contributed by atoms with Gasteiger partial charge in [-0.2, -0.15) is 0 Å². The van der Waals surface area contributed by atoms with E-state index in [4.69, 9.17) is 16.3 Å². The van der Waals surface area contributed by atoms with Gasteiger partial charge in [-0.1, -0.05) is 31.5 Å². The summed E-state index contributed by atoms with van der Waals surface area (Å²) in [6.07, 6.45) is 2.47. The van der Waals surface area contributed by atoms with E-state index in [0.717, 1.165) is 23.8 Å². The molecule has 0 spiro atoms. The summed E-state index contributed by atoms with van der Waals surface area (Å²) in [5, 5.41) is 4.16. The van der Waals surface area contributed by atoms with E-state index in [1.165, 1.54) is 12.8 Å². The predicted molar refractivity (Wildman–Crippen MR) is 83.2 cm³/mol. The first kappa shape index (κ1) is 16.3. The first-order valence-electron chi connectivity index (χ1n) is 7.11. The minimum Gasteiger partial charge on any atom is -0.491 e. The van der Waals surface area contributed by atoms with Crippen molar-refractivity contribution in [3.63, 3.8) is 0 Å². The molecule has 0 fully saturated rings. The Labute approximate surface area is 122 Å². The molecule has 0 saturated heterocycles. The monoisotopic (exact) mass is 283 g/mol. The minimum absolute atomic E-state index is 0.541. The van der Waals surface area contributed by atoms with Crippen molar-refractivity contribution >= 4 is 11.6 Å². The number of benzene rings is 1. The molecule has 1 unspecified atom stereocenters. The molecule has 0 bridgehead atoms. The van der Waals surface area contributed by atoms with Gasteiger partial charge in [0.05, 0.1) is 5.02 Å². The van der Waals surface area contributed by atoms with Gasteiger partial charge in [0, 0.05) is 12.6 Å². The number of rotatable bonds is 8. The lowest BCUT2D eigenvalue weighted by atomic mass is 10.0. The molecular weight excluding hydrogens is 258 g/mol. The predicted octanol–water partition coefficient (Wildman–Crippen LogP) is 4.44. The van der Waals surface area contributed by atoms with Crippen LogP contribution in [0.4, 0.5) is 0 Å². The van der Waals surface area contributed by atoms with E-state index in [9.17, 15) is 0 Å². The summed E-state index contributed by atoms with van der Waals surface area (Å²) < 4.78 is 5.67. The minimum atomic E-state index is 0.541. The van der Waals surface area contributed by atoms with Gasteiger partial charge in [-0.05, 0) is 50.3 Å². The summed E-state index contributed by atoms with van der Waals surface area (Å²) in [4.78, 5) is 0. The maximum atomic E-state index is 6.11. The molecular formula is C16H26ClNO. The van der Waals surface area contributed by atoms with Crippen LogP contribution in [0, 0.1) is 12.8 Å². The Morgan fingerprint density at radius 3 is 2.58 bits per heavy atom. The molecule has 1 N–H and O–H groups in total. The van der Waals surface area contributed by atoms with Crippen molar-refractivity contribution < 1.29 is 4.74 Å². The van der Waals surface area contributed by atoms with Gasteiger partial charge in [0.25, 0.3) is 0 Å². The number of halogens is 1. The first-order chi connectivity index (χ1) is 8.99. The fraction of sp³-hybridized carbons (Fsp3) is 0.625. The summed E-state index contributed by atoms with van der Waals surface area (Å²) in [5.41, 5.74) is 1.15. The van der Waals surface area contributed by atoms with Gasteiger partial charge < -0.3 is 10.1 Å². The molecule has 0 saturated carbocycles. The second-order valence-electron chi connectivity index (χ2n) is 5.61. The molecule has 3 heteroatoms. The Hall–Kier alpha value is -0.730. The molecule has 1 rings (SSSR count). The van der Waals surface area contributed by atoms with Crippen molar-refractivity contribution in [1.82, 2.24) is 5.32 Å². The molecule has 108 valence electrons. The van der Waals surface area contributed by atoms with Crippen LogP contribution >= 0.6 is 11.6 Å². The van der Waals surface area contributed by atoms with E-state index in [1.807, 2.05) is 25.1 Å². The maximum Gasteiger partial charge on any atom is 0.137 e. The molecule has 1 atom stereocenters. The van der Waals surface area contributed by atoms with Gasteiger partial charge in [-0.15, -0.1) is 0 Å². The highest BCUT2D eigenvalue weighted by Crippen LogP contribution is 2.24. The van der Waals surface area contributed by atoms with E-state index < -0.39 is 0 Å².